The zero-order valence-electron chi connectivity index (χ0n) is 10.9. The fraction of sp³-hybridized carbons (Fsp3) is 0.692. The van der Waals surface area contributed by atoms with Crippen molar-refractivity contribution in [2.45, 2.75) is 38.8 Å². The van der Waals surface area contributed by atoms with Gasteiger partial charge in [-0.15, -0.1) is 0 Å². The van der Waals surface area contributed by atoms with E-state index in [1.54, 1.807) is 0 Å². The van der Waals surface area contributed by atoms with E-state index < -0.39 is 0 Å². The summed E-state index contributed by atoms with van der Waals surface area (Å²) in [5, 5.41) is 3.54. The molecule has 1 N–H and O–H groups in total. The van der Waals surface area contributed by atoms with E-state index in [0.717, 1.165) is 34.5 Å². The van der Waals surface area contributed by atoms with Gasteiger partial charge in [0.2, 0.25) is 0 Å². The van der Waals surface area contributed by atoms with Gasteiger partial charge in [-0.3, -0.25) is 0 Å². The number of ether oxygens (including phenoxy) is 1. The fourth-order valence-corrected chi connectivity index (χ4v) is 2.71. The summed E-state index contributed by atoms with van der Waals surface area (Å²) in [5.41, 5.74) is 0.136. The molecule has 1 aliphatic heterocycles. The molecule has 2 atom stereocenters. The lowest BCUT2D eigenvalue weighted by Crippen LogP contribution is -2.39. The molecule has 0 aromatic carbocycles. The maximum Gasteiger partial charge on any atom is 0.183 e. The third-order valence-electron chi connectivity index (χ3n) is 3.05. The molecule has 0 bridgehead atoms. The molecule has 2 rings (SSSR count). The van der Waals surface area contributed by atoms with Crippen molar-refractivity contribution in [2.75, 3.05) is 13.2 Å². The zero-order valence-corrected chi connectivity index (χ0v) is 14.1. The zero-order chi connectivity index (χ0) is 13.3. The van der Waals surface area contributed by atoms with Crippen LogP contribution in [0.1, 0.15) is 39.1 Å². The molecule has 1 aliphatic rings. The van der Waals surface area contributed by atoms with Gasteiger partial charge in [0.25, 0.3) is 0 Å². The average Bonchev–Trinajstić information content (AvgIpc) is 2.82. The Labute approximate surface area is 125 Å². The number of hydrogen-bond donors (Lipinski definition) is 1. The van der Waals surface area contributed by atoms with E-state index in [0.29, 0.717) is 5.92 Å². The Balaban J connectivity index is 2.03. The molecule has 0 spiro atoms. The molecular weight excluding hydrogens is 362 g/mol. The minimum atomic E-state index is 0.0578. The van der Waals surface area contributed by atoms with E-state index in [2.05, 4.69) is 57.9 Å². The molecule has 0 amide bonds. The van der Waals surface area contributed by atoms with Gasteiger partial charge in [-0.25, -0.2) is 0 Å². The highest BCUT2D eigenvalue weighted by molar-refractivity contribution is 9.13. The summed E-state index contributed by atoms with van der Waals surface area (Å²) in [7, 11) is 0. The molecule has 5 heteroatoms. The summed E-state index contributed by atoms with van der Waals surface area (Å²) in [4.78, 5) is 0. The maximum absolute atomic E-state index is 5.81. The van der Waals surface area contributed by atoms with E-state index in [4.69, 9.17) is 9.15 Å². The lowest BCUT2D eigenvalue weighted by molar-refractivity contribution is 0.0699. The van der Waals surface area contributed by atoms with Gasteiger partial charge in [0.05, 0.1) is 4.47 Å². The summed E-state index contributed by atoms with van der Waals surface area (Å²) < 4.78 is 13.2. The first-order chi connectivity index (χ1) is 8.37. The van der Waals surface area contributed by atoms with Gasteiger partial charge in [-0.2, -0.15) is 0 Å². The second kappa shape index (κ2) is 5.65. The Morgan fingerprint density at radius 2 is 2.11 bits per heavy atom. The number of halogens is 2. The molecular formula is C13H19Br2NO2. The number of hydrogen-bond acceptors (Lipinski definition) is 3. The Kier molecular flexibility index (Phi) is 4.57. The normalized spacial score (nSPS) is 24.7. The van der Waals surface area contributed by atoms with E-state index in [9.17, 15) is 0 Å². The van der Waals surface area contributed by atoms with Gasteiger partial charge in [-0.05, 0) is 65.1 Å². The first-order valence-electron chi connectivity index (χ1n) is 6.18. The molecule has 102 valence electrons. The van der Waals surface area contributed by atoms with Crippen molar-refractivity contribution in [3.8, 4) is 0 Å². The smallest absolute Gasteiger partial charge is 0.183 e. The number of furan rings is 1. The van der Waals surface area contributed by atoms with Crippen LogP contribution in [0.5, 0.6) is 0 Å². The average molecular weight is 381 g/mol. The van der Waals surface area contributed by atoms with Gasteiger partial charge >= 0.3 is 0 Å². The predicted octanol–water partition coefficient (Wildman–Crippen LogP) is 4.27. The highest BCUT2D eigenvalue weighted by atomic mass is 79.9. The second-order valence-corrected chi connectivity index (χ2v) is 7.32. The summed E-state index contributed by atoms with van der Waals surface area (Å²) in [6.07, 6.45) is 1.13. The summed E-state index contributed by atoms with van der Waals surface area (Å²) in [6, 6.07) is 1.99. The van der Waals surface area contributed by atoms with Crippen LogP contribution in [0.2, 0.25) is 0 Å². The van der Waals surface area contributed by atoms with Gasteiger partial charge < -0.3 is 14.5 Å². The third kappa shape index (κ3) is 3.59. The minimum Gasteiger partial charge on any atom is -0.450 e. The SMILES string of the molecule is CC(C)(C)NCC1CCOC1c1cc(Br)c(Br)o1. The molecule has 1 aromatic rings. The summed E-state index contributed by atoms with van der Waals surface area (Å²) >= 11 is 6.81. The molecule has 2 unspecified atom stereocenters. The van der Waals surface area contributed by atoms with Crippen LogP contribution in [0.3, 0.4) is 0 Å². The highest BCUT2D eigenvalue weighted by Gasteiger charge is 2.33. The van der Waals surface area contributed by atoms with E-state index >= 15 is 0 Å². The van der Waals surface area contributed by atoms with Gasteiger partial charge in [-0.1, -0.05) is 0 Å². The molecule has 3 nitrogen and oxygen atoms in total. The molecule has 2 heterocycles. The Morgan fingerprint density at radius 1 is 1.39 bits per heavy atom. The van der Waals surface area contributed by atoms with Crippen LogP contribution < -0.4 is 5.32 Å². The van der Waals surface area contributed by atoms with Crippen molar-refractivity contribution < 1.29 is 9.15 Å². The van der Waals surface area contributed by atoms with E-state index in [1.165, 1.54) is 0 Å². The number of nitrogens with one attached hydrogen (secondary N) is 1. The van der Waals surface area contributed by atoms with Crippen molar-refractivity contribution in [3.05, 3.63) is 21.0 Å². The number of rotatable bonds is 3. The van der Waals surface area contributed by atoms with Crippen LogP contribution in [0.25, 0.3) is 0 Å². The molecule has 0 radical (unpaired) electrons. The molecule has 1 aromatic heterocycles. The van der Waals surface area contributed by atoms with Crippen LogP contribution in [-0.2, 0) is 4.74 Å². The Morgan fingerprint density at radius 3 is 2.67 bits per heavy atom. The third-order valence-corrected chi connectivity index (χ3v) is 4.76. The molecule has 1 saturated heterocycles. The van der Waals surface area contributed by atoms with Gasteiger partial charge in [0.15, 0.2) is 4.67 Å². The molecule has 0 aliphatic carbocycles. The van der Waals surface area contributed by atoms with Crippen LogP contribution in [-0.4, -0.2) is 18.7 Å². The second-order valence-electron chi connectivity index (χ2n) is 5.74. The monoisotopic (exact) mass is 379 g/mol. The van der Waals surface area contributed by atoms with Crippen LogP contribution >= 0.6 is 31.9 Å². The predicted molar refractivity (Wildman–Crippen MR) is 78.7 cm³/mol. The largest absolute Gasteiger partial charge is 0.450 e. The van der Waals surface area contributed by atoms with Crippen molar-refractivity contribution >= 4 is 31.9 Å². The Bertz CT molecular complexity index is 392. The van der Waals surface area contributed by atoms with Crippen LogP contribution in [0, 0.1) is 5.92 Å². The lowest BCUT2D eigenvalue weighted by Gasteiger charge is -2.25. The summed E-state index contributed by atoms with van der Waals surface area (Å²) in [6.45, 7) is 8.29. The minimum absolute atomic E-state index is 0.0578. The van der Waals surface area contributed by atoms with Gasteiger partial charge in [0, 0.05) is 24.6 Å². The fourth-order valence-electron chi connectivity index (χ4n) is 2.10. The van der Waals surface area contributed by atoms with Crippen molar-refractivity contribution in [3.63, 3.8) is 0 Å². The van der Waals surface area contributed by atoms with Crippen molar-refractivity contribution in [2.24, 2.45) is 5.92 Å². The Hall–Kier alpha value is 0.160. The maximum atomic E-state index is 5.81. The van der Waals surface area contributed by atoms with E-state index in [1.807, 2.05) is 6.07 Å². The van der Waals surface area contributed by atoms with Crippen molar-refractivity contribution in [1.29, 1.82) is 0 Å². The topological polar surface area (TPSA) is 34.4 Å². The first-order valence-corrected chi connectivity index (χ1v) is 7.77. The van der Waals surface area contributed by atoms with E-state index in [-0.39, 0.29) is 11.6 Å². The molecule has 0 saturated carbocycles. The van der Waals surface area contributed by atoms with Crippen LogP contribution in [0.4, 0.5) is 0 Å². The lowest BCUT2D eigenvalue weighted by atomic mass is 9.98. The highest BCUT2D eigenvalue weighted by Crippen LogP contribution is 2.39. The quantitative estimate of drug-likeness (QED) is 0.850. The molecule has 18 heavy (non-hydrogen) atoms. The first kappa shape index (κ1) is 14.6. The van der Waals surface area contributed by atoms with Gasteiger partial charge in [0.1, 0.15) is 11.9 Å². The standard InChI is InChI=1S/C13H19Br2NO2/c1-13(2,3)16-7-8-4-5-17-11(8)10-6-9(14)12(15)18-10/h6,8,11,16H,4-5,7H2,1-3H3. The summed E-state index contributed by atoms with van der Waals surface area (Å²) in [5.74, 6) is 1.36. The van der Waals surface area contributed by atoms with Crippen molar-refractivity contribution in [1.82, 2.24) is 5.32 Å². The molecule has 1 fully saturated rings. The van der Waals surface area contributed by atoms with Crippen LogP contribution in [0.15, 0.2) is 19.6 Å².